The molecule has 9 heteroatoms. The van der Waals surface area contributed by atoms with Crippen molar-refractivity contribution in [3.05, 3.63) is 47.3 Å². The number of phenolic OH excluding ortho intramolecular Hbond substituents is 2. The van der Waals surface area contributed by atoms with Crippen molar-refractivity contribution >= 4 is 23.5 Å². The topological polar surface area (TPSA) is 157 Å². The van der Waals surface area contributed by atoms with Gasteiger partial charge in [-0.15, -0.1) is 0 Å². The number of carboxylic acids is 2. The highest BCUT2D eigenvalue weighted by Crippen LogP contribution is 2.29. The number of hydrogen-bond acceptors (Lipinski definition) is 6. The predicted octanol–water partition coefficient (Wildman–Crippen LogP) is 1.07. The average molecular weight is 332 g/mol. The maximum Gasteiger partial charge on any atom is 0.354 e. The Morgan fingerprint density at radius 1 is 1.08 bits per heavy atom. The molecule has 0 aliphatic carbocycles. The van der Waals surface area contributed by atoms with Gasteiger partial charge >= 0.3 is 11.9 Å². The number of amides is 1. The molecule has 2 aromatic rings. The molecule has 1 aromatic carbocycles. The summed E-state index contributed by atoms with van der Waals surface area (Å²) in [6, 6.07) is 4.45. The number of phenols is 2. The van der Waals surface area contributed by atoms with Crippen LogP contribution in [0.4, 0.5) is 5.69 Å². The molecule has 2 rings (SSSR count). The van der Waals surface area contributed by atoms with E-state index in [-0.39, 0.29) is 22.5 Å². The van der Waals surface area contributed by atoms with Gasteiger partial charge in [-0.3, -0.25) is 9.59 Å². The maximum absolute atomic E-state index is 12.2. The molecule has 0 bridgehead atoms. The fraction of sp³-hybridized carbons (Fsp3) is 0.0667. The van der Waals surface area contributed by atoms with Crippen LogP contribution >= 0.6 is 0 Å². The molecule has 0 fully saturated rings. The number of carbonyl (C=O) groups is 3. The van der Waals surface area contributed by atoms with Crippen LogP contribution < -0.4 is 5.32 Å². The van der Waals surface area contributed by atoms with Crippen molar-refractivity contribution in [3.8, 4) is 11.5 Å². The molecule has 0 unspecified atom stereocenters. The molecule has 24 heavy (non-hydrogen) atoms. The van der Waals surface area contributed by atoms with Crippen molar-refractivity contribution in [1.82, 2.24) is 4.98 Å². The van der Waals surface area contributed by atoms with Crippen LogP contribution in [0.5, 0.6) is 11.5 Å². The van der Waals surface area contributed by atoms with Gasteiger partial charge in [-0.2, -0.15) is 0 Å². The molecule has 1 aromatic heterocycles. The van der Waals surface area contributed by atoms with Gasteiger partial charge in [0.05, 0.1) is 12.0 Å². The minimum Gasteiger partial charge on any atom is -0.508 e. The molecule has 1 amide bonds. The molecule has 5 N–H and O–H groups in total. The fourth-order valence-corrected chi connectivity index (χ4v) is 1.97. The minimum atomic E-state index is -1.28. The first-order chi connectivity index (χ1) is 11.3. The number of aromatic nitrogens is 1. The lowest BCUT2D eigenvalue weighted by Gasteiger charge is -2.10. The van der Waals surface area contributed by atoms with E-state index in [0.29, 0.717) is 0 Å². The summed E-state index contributed by atoms with van der Waals surface area (Å²) in [6.45, 7) is 0. The van der Waals surface area contributed by atoms with E-state index in [2.05, 4.69) is 10.3 Å². The Morgan fingerprint density at radius 3 is 2.42 bits per heavy atom. The fourth-order valence-electron chi connectivity index (χ4n) is 1.97. The number of aromatic hydroxyl groups is 2. The van der Waals surface area contributed by atoms with Gasteiger partial charge in [0, 0.05) is 17.4 Å². The third-order valence-electron chi connectivity index (χ3n) is 3.00. The summed E-state index contributed by atoms with van der Waals surface area (Å²) < 4.78 is 0. The third-order valence-corrected chi connectivity index (χ3v) is 3.00. The molecule has 0 aliphatic rings. The molecule has 0 radical (unpaired) electrons. The van der Waals surface area contributed by atoms with E-state index < -0.39 is 35.8 Å². The van der Waals surface area contributed by atoms with Gasteiger partial charge in [0.15, 0.2) is 0 Å². The molecule has 0 saturated heterocycles. The number of hydrogen-bond donors (Lipinski definition) is 5. The Hall–Kier alpha value is -3.62. The van der Waals surface area contributed by atoms with Gasteiger partial charge in [0.25, 0.3) is 5.91 Å². The number of benzene rings is 1. The molecule has 0 spiro atoms. The number of carboxylic acid groups (broad SMARTS) is 2. The van der Waals surface area contributed by atoms with Crippen LogP contribution in [-0.4, -0.2) is 43.3 Å². The lowest BCUT2D eigenvalue weighted by Crippen LogP contribution is -2.14. The van der Waals surface area contributed by atoms with Crippen LogP contribution in [0.1, 0.15) is 26.4 Å². The molecule has 0 aliphatic heterocycles. The van der Waals surface area contributed by atoms with Crippen molar-refractivity contribution in [2.75, 3.05) is 5.32 Å². The van der Waals surface area contributed by atoms with Crippen LogP contribution in [0.15, 0.2) is 30.5 Å². The largest absolute Gasteiger partial charge is 0.508 e. The normalized spacial score (nSPS) is 10.2. The molecule has 0 atom stereocenters. The predicted molar refractivity (Wildman–Crippen MR) is 80.3 cm³/mol. The molecule has 0 saturated carbocycles. The summed E-state index contributed by atoms with van der Waals surface area (Å²) in [6.07, 6.45) is 0.593. The summed E-state index contributed by atoms with van der Waals surface area (Å²) in [5.41, 5.74) is -0.664. The monoisotopic (exact) mass is 332 g/mol. The highest BCUT2D eigenvalue weighted by Gasteiger charge is 2.18. The van der Waals surface area contributed by atoms with Crippen LogP contribution in [0.2, 0.25) is 0 Å². The maximum atomic E-state index is 12.2. The molecule has 1 heterocycles. The zero-order valence-corrected chi connectivity index (χ0v) is 12.1. The number of aromatic carboxylic acids is 1. The van der Waals surface area contributed by atoms with Crippen molar-refractivity contribution in [1.29, 1.82) is 0 Å². The third kappa shape index (κ3) is 3.77. The summed E-state index contributed by atoms with van der Waals surface area (Å²) in [7, 11) is 0. The lowest BCUT2D eigenvalue weighted by molar-refractivity contribution is -0.136. The zero-order chi connectivity index (χ0) is 17.9. The van der Waals surface area contributed by atoms with Crippen molar-refractivity contribution in [2.45, 2.75) is 6.42 Å². The second kappa shape index (κ2) is 6.65. The molecule has 9 nitrogen and oxygen atoms in total. The standard InChI is InChI=1S/C15H12N2O7/c18-9-3-7(4-12(19)20)13(21)10(6-9)14(22)17-8-1-2-16-11(5-8)15(23)24/h1-3,5-6,18,21H,4H2,(H,19,20)(H,23,24)(H,16,17,22). The van der Waals surface area contributed by atoms with Gasteiger partial charge in [0.2, 0.25) is 0 Å². The number of anilines is 1. The number of pyridine rings is 1. The van der Waals surface area contributed by atoms with E-state index in [9.17, 15) is 24.6 Å². The summed E-state index contributed by atoms with van der Waals surface area (Å²) >= 11 is 0. The van der Waals surface area contributed by atoms with Gasteiger partial charge in [-0.05, 0) is 24.3 Å². The van der Waals surface area contributed by atoms with Gasteiger partial charge in [0.1, 0.15) is 17.2 Å². The van der Waals surface area contributed by atoms with Crippen LogP contribution in [0.25, 0.3) is 0 Å². The second-order valence-electron chi connectivity index (χ2n) is 4.76. The van der Waals surface area contributed by atoms with E-state index in [0.717, 1.165) is 18.2 Å². The first kappa shape index (κ1) is 16.7. The quantitative estimate of drug-likeness (QED) is 0.509. The van der Waals surface area contributed by atoms with Crippen molar-refractivity contribution in [2.24, 2.45) is 0 Å². The molecular weight excluding hydrogens is 320 g/mol. The summed E-state index contributed by atoms with van der Waals surface area (Å²) in [4.78, 5) is 37.4. The highest BCUT2D eigenvalue weighted by molar-refractivity contribution is 6.07. The van der Waals surface area contributed by atoms with E-state index in [1.807, 2.05) is 0 Å². The van der Waals surface area contributed by atoms with Gasteiger partial charge < -0.3 is 25.7 Å². The van der Waals surface area contributed by atoms with Crippen LogP contribution in [0, 0.1) is 0 Å². The first-order valence-electron chi connectivity index (χ1n) is 6.55. The number of carbonyl (C=O) groups excluding carboxylic acids is 1. The average Bonchev–Trinajstić information content (AvgIpc) is 2.50. The Kier molecular flexibility index (Phi) is 4.64. The van der Waals surface area contributed by atoms with Gasteiger partial charge in [-0.1, -0.05) is 0 Å². The number of rotatable bonds is 5. The van der Waals surface area contributed by atoms with Crippen molar-refractivity contribution in [3.63, 3.8) is 0 Å². The van der Waals surface area contributed by atoms with E-state index in [4.69, 9.17) is 10.2 Å². The Labute approximate surface area is 134 Å². The lowest BCUT2D eigenvalue weighted by atomic mass is 10.0. The number of nitrogens with one attached hydrogen (secondary N) is 1. The van der Waals surface area contributed by atoms with Gasteiger partial charge in [-0.25, -0.2) is 9.78 Å². The van der Waals surface area contributed by atoms with E-state index >= 15 is 0 Å². The summed E-state index contributed by atoms with van der Waals surface area (Å²) in [5, 5.41) is 39.6. The van der Waals surface area contributed by atoms with E-state index in [1.165, 1.54) is 12.3 Å². The summed E-state index contributed by atoms with van der Waals surface area (Å²) in [5.74, 6) is -4.36. The van der Waals surface area contributed by atoms with Crippen LogP contribution in [-0.2, 0) is 11.2 Å². The SMILES string of the molecule is O=C(O)Cc1cc(O)cc(C(=O)Nc2ccnc(C(=O)O)c2)c1O. The number of nitrogens with zero attached hydrogens (tertiary/aromatic N) is 1. The second-order valence-corrected chi connectivity index (χ2v) is 4.76. The zero-order valence-electron chi connectivity index (χ0n) is 12.1. The smallest absolute Gasteiger partial charge is 0.354 e. The Morgan fingerprint density at radius 2 is 1.79 bits per heavy atom. The first-order valence-corrected chi connectivity index (χ1v) is 6.55. The number of aliphatic carboxylic acids is 1. The molecular formula is C15H12N2O7. The highest BCUT2D eigenvalue weighted by atomic mass is 16.4. The van der Waals surface area contributed by atoms with Crippen LogP contribution in [0.3, 0.4) is 0 Å². The Balaban J connectivity index is 2.33. The molecule has 124 valence electrons. The van der Waals surface area contributed by atoms with E-state index in [1.54, 1.807) is 0 Å². The minimum absolute atomic E-state index is 0.106. The van der Waals surface area contributed by atoms with Crippen molar-refractivity contribution < 1.29 is 34.8 Å². The Bertz CT molecular complexity index is 833.